The fraction of sp³-hybridized carbons (Fsp3) is 0.348. The van der Waals surface area contributed by atoms with E-state index in [1.807, 2.05) is 18.2 Å². The number of ether oxygens (including phenoxy) is 2. The molecule has 2 aromatic heterocycles. The molecule has 3 rings (SSSR count). The first-order valence-corrected chi connectivity index (χ1v) is 12.0. The summed E-state index contributed by atoms with van der Waals surface area (Å²) in [7, 11) is 1.15. The van der Waals surface area contributed by atoms with Crippen molar-refractivity contribution in [2.75, 3.05) is 13.7 Å². The van der Waals surface area contributed by atoms with Gasteiger partial charge in [0.2, 0.25) is 0 Å². The third kappa shape index (κ3) is 6.95. The molecule has 0 spiro atoms. The third-order valence-corrected chi connectivity index (χ3v) is 6.31. The van der Waals surface area contributed by atoms with Gasteiger partial charge in [0.05, 0.1) is 35.3 Å². The number of alkyl carbamates (subject to hydrolysis) is 1. The van der Waals surface area contributed by atoms with E-state index in [2.05, 4.69) is 26.1 Å². The third-order valence-electron chi connectivity index (χ3n) is 4.77. The quantitative estimate of drug-likeness (QED) is 0.323. The number of thiophene rings is 1. The molecule has 0 bridgehead atoms. The van der Waals surface area contributed by atoms with Crippen molar-refractivity contribution in [3.63, 3.8) is 0 Å². The fourth-order valence-electron chi connectivity index (χ4n) is 3.14. The summed E-state index contributed by atoms with van der Waals surface area (Å²) in [6, 6.07) is 5.77. The summed E-state index contributed by atoms with van der Waals surface area (Å²) in [6.07, 6.45) is 0.918. The zero-order chi connectivity index (χ0) is 26.5. The molecule has 0 saturated carbocycles. The van der Waals surface area contributed by atoms with Gasteiger partial charge in [-0.1, -0.05) is 23.7 Å². The van der Waals surface area contributed by atoms with Gasteiger partial charge < -0.3 is 25.4 Å². The first kappa shape index (κ1) is 27.0. The van der Waals surface area contributed by atoms with Crippen LogP contribution in [-0.4, -0.2) is 59.4 Å². The Morgan fingerprint density at radius 2 is 1.92 bits per heavy atom. The minimum atomic E-state index is -1.21. The van der Waals surface area contributed by atoms with E-state index in [9.17, 15) is 19.2 Å². The van der Waals surface area contributed by atoms with Gasteiger partial charge in [-0.2, -0.15) is 5.10 Å². The van der Waals surface area contributed by atoms with Crippen molar-refractivity contribution >= 4 is 57.7 Å². The highest BCUT2D eigenvalue weighted by Gasteiger charge is 2.27. The lowest BCUT2D eigenvalue weighted by Crippen LogP contribution is -2.49. The monoisotopic (exact) mass is 535 g/mol. The summed E-state index contributed by atoms with van der Waals surface area (Å²) in [5.41, 5.74) is 0.982. The molecule has 0 fully saturated rings. The Morgan fingerprint density at radius 3 is 2.61 bits per heavy atom. The van der Waals surface area contributed by atoms with Crippen LogP contribution in [0.3, 0.4) is 0 Å². The first-order chi connectivity index (χ1) is 17.0. The lowest BCUT2D eigenvalue weighted by Gasteiger charge is -2.21. The minimum absolute atomic E-state index is 0.0323. The molecule has 0 saturated heterocycles. The van der Waals surface area contributed by atoms with E-state index in [4.69, 9.17) is 21.1 Å². The zero-order valence-corrected chi connectivity index (χ0v) is 21.6. The van der Waals surface area contributed by atoms with E-state index in [1.165, 1.54) is 6.07 Å². The van der Waals surface area contributed by atoms with Gasteiger partial charge in [-0.05, 0) is 38.5 Å². The van der Waals surface area contributed by atoms with Crippen LogP contribution in [0.1, 0.15) is 45.7 Å². The van der Waals surface area contributed by atoms with Crippen molar-refractivity contribution in [2.24, 2.45) is 0 Å². The maximum Gasteiger partial charge on any atom is 0.407 e. The molecule has 1 atom stereocenters. The van der Waals surface area contributed by atoms with Gasteiger partial charge in [-0.25, -0.2) is 9.59 Å². The molecule has 0 aliphatic carbocycles. The largest absolute Gasteiger partial charge is 0.467 e. The normalized spacial score (nSPS) is 12.0. The molecule has 3 aromatic rings. The van der Waals surface area contributed by atoms with E-state index in [0.29, 0.717) is 0 Å². The molecule has 0 aliphatic rings. The van der Waals surface area contributed by atoms with E-state index in [1.54, 1.807) is 27.0 Å². The number of hydrogen-bond donors (Lipinski definition) is 4. The molecule has 0 radical (unpaired) electrons. The molecule has 0 unspecified atom stereocenters. The predicted molar refractivity (Wildman–Crippen MR) is 134 cm³/mol. The number of amides is 3. The van der Waals surface area contributed by atoms with Gasteiger partial charge in [0.15, 0.2) is 0 Å². The molecule has 192 valence electrons. The van der Waals surface area contributed by atoms with Crippen LogP contribution in [0, 0.1) is 0 Å². The van der Waals surface area contributed by atoms with Gasteiger partial charge in [0.25, 0.3) is 11.8 Å². The summed E-state index contributed by atoms with van der Waals surface area (Å²) in [5.74, 6) is -1.90. The number of fused-ring (bicyclic) bond motifs is 1. The van der Waals surface area contributed by atoms with E-state index >= 15 is 0 Å². The summed E-state index contributed by atoms with van der Waals surface area (Å²) in [5, 5.41) is 15.5. The van der Waals surface area contributed by atoms with Crippen molar-refractivity contribution in [3.05, 3.63) is 50.8 Å². The van der Waals surface area contributed by atoms with Gasteiger partial charge in [-0.15, -0.1) is 11.3 Å². The molecular formula is C23H26ClN5O6S. The number of carbonyl (C=O) groups is 4. The maximum absolute atomic E-state index is 12.8. The second-order valence-corrected chi connectivity index (χ2v) is 10.1. The average molecular weight is 536 g/mol. The molecule has 0 aliphatic heterocycles. The van der Waals surface area contributed by atoms with E-state index in [-0.39, 0.29) is 27.9 Å². The number of aromatic nitrogens is 2. The molecule has 1 aromatic carbocycles. The molecule has 11 nitrogen and oxygen atoms in total. The van der Waals surface area contributed by atoms with Gasteiger partial charge in [0, 0.05) is 11.9 Å². The van der Waals surface area contributed by atoms with Crippen LogP contribution in [0.25, 0.3) is 10.9 Å². The van der Waals surface area contributed by atoms with Crippen LogP contribution in [-0.2, 0) is 20.8 Å². The number of hydrogen-bond acceptors (Lipinski definition) is 8. The predicted octanol–water partition coefficient (Wildman–Crippen LogP) is 3.00. The number of aromatic amines is 1. The summed E-state index contributed by atoms with van der Waals surface area (Å²) < 4.78 is 9.84. The van der Waals surface area contributed by atoms with Gasteiger partial charge in [0.1, 0.15) is 16.5 Å². The lowest BCUT2D eigenvalue weighted by molar-refractivity contribution is -0.142. The molecule has 2 heterocycles. The lowest BCUT2D eigenvalue weighted by atomic mass is 10.1. The Kier molecular flexibility index (Phi) is 8.53. The molecular weight excluding hydrogens is 510 g/mol. The Hall–Kier alpha value is -3.64. The topological polar surface area (TPSA) is 152 Å². The molecule has 13 heteroatoms. The fourth-order valence-corrected chi connectivity index (χ4v) is 4.39. The number of rotatable bonds is 8. The molecule has 3 amide bonds. The number of halogens is 1. The summed E-state index contributed by atoms with van der Waals surface area (Å²) >= 11 is 7.08. The zero-order valence-electron chi connectivity index (χ0n) is 20.1. The van der Waals surface area contributed by atoms with Crippen LogP contribution in [0.15, 0.2) is 30.5 Å². The Balaban J connectivity index is 1.64. The van der Waals surface area contributed by atoms with Crippen LogP contribution in [0.4, 0.5) is 4.79 Å². The Morgan fingerprint density at radius 1 is 1.17 bits per heavy atom. The highest BCUT2D eigenvalue weighted by Crippen LogP contribution is 2.27. The van der Waals surface area contributed by atoms with Crippen LogP contribution in [0.2, 0.25) is 5.02 Å². The maximum atomic E-state index is 12.8. The van der Waals surface area contributed by atoms with Crippen LogP contribution < -0.4 is 16.0 Å². The number of esters is 1. The second kappa shape index (κ2) is 11.4. The standard InChI is InChI=1S/C23H26ClN5O6S/c1-23(2,3)35-22(33)26-11-16(21(32)34-4)28-20(31)18-14(24)8-17(36-18)19(30)25-9-12-6-5-7-15-13(12)10-27-29-15/h5-8,10,16H,9,11H2,1-4H3,(H,25,30)(H,26,33)(H,27,29)(H,28,31)/t16-/m0/s1. The summed E-state index contributed by atoms with van der Waals surface area (Å²) in [6.45, 7) is 5.04. The highest BCUT2D eigenvalue weighted by molar-refractivity contribution is 7.16. The molecule has 36 heavy (non-hydrogen) atoms. The number of methoxy groups -OCH3 is 1. The van der Waals surface area contributed by atoms with Crippen molar-refractivity contribution in [1.29, 1.82) is 0 Å². The number of nitrogens with one attached hydrogen (secondary N) is 4. The number of carbonyl (C=O) groups excluding carboxylic acids is 4. The van der Waals surface area contributed by atoms with Crippen LogP contribution in [0.5, 0.6) is 0 Å². The average Bonchev–Trinajstić information content (AvgIpc) is 3.45. The van der Waals surface area contributed by atoms with Gasteiger partial charge in [-0.3, -0.25) is 14.7 Å². The van der Waals surface area contributed by atoms with E-state index < -0.39 is 35.5 Å². The minimum Gasteiger partial charge on any atom is -0.467 e. The van der Waals surface area contributed by atoms with Crippen molar-refractivity contribution < 1.29 is 28.7 Å². The van der Waals surface area contributed by atoms with E-state index in [0.717, 1.165) is 34.9 Å². The van der Waals surface area contributed by atoms with Crippen molar-refractivity contribution in [1.82, 2.24) is 26.1 Å². The SMILES string of the molecule is COC(=O)[C@H](CNC(=O)OC(C)(C)C)NC(=O)c1sc(C(=O)NCc2cccc3[nH]ncc23)cc1Cl. The summed E-state index contributed by atoms with van der Waals surface area (Å²) in [4.78, 5) is 49.8. The van der Waals surface area contributed by atoms with Crippen LogP contribution >= 0.6 is 22.9 Å². The first-order valence-electron chi connectivity index (χ1n) is 10.8. The Bertz CT molecular complexity index is 1280. The second-order valence-electron chi connectivity index (χ2n) is 8.65. The molecule has 4 N–H and O–H groups in total. The smallest absolute Gasteiger partial charge is 0.407 e. The van der Waals surface area contributed by atoms with Crippen molar-refractivity contribution in [2.45, 2.75) is 39.0 Å². The number of H-pyrrole nitrogens is 1. The Labute approximate surface area is 215 Å². The highest BCUT2D eigenvalue weighted by atomic mass is 35.5. The number of benzene rings is 1. The van der Waals surface area contributed by atoms with Crippen molar-refractivity contribution in [3.8, 4) is 0 Å². The number of nitrogens with zero attached hydrogens (tertiary/aromatic N) is 1. The van der Waals surface area contributed by atoms with Gasteiger partial charge >= 0.3 is 12.1 Å².